The van der Waals surface area contributed by atoms with Crippen LogP contribution in [-0.4, -0.2) is 29.7 Å². The summed E-state index contributed by atoms with van der Waals surface area (Å²) >= 11 is 0. The third kappa shape index (κ3) is 2.46. The lowest BCUT2D eigenvalue weighted by Gasteiger charge is -2.32. The van der Waals surface area contributed by atoms with Gasteiger partial charge in [-0.2, -0.15) is 0 Å². The molecule has 0 aliphatic carbocycles. The molecule has 1 N–H and O–H groups in total. The van der Waals surface area contributed by atoms with Gasteiger partial charge in [0, 0.05) is 5.56 Å². The molecule has 0 spiro atoms. The smallest absolute Gasteiger partial charge is 0.399 e. The van der Waals surface area contributed by atoms with E-state index in [9.17, 15) is 9.90 Å². The van der Waals surface area contributed by atoms with Gasteiger partial charge in [-0.05, 0) is 38.7 Å². The molecule has 1 heterocycles. The van der Waals surface area contributed by atoms with E-state index in [1.807, 2.05) is 27.7 Å². The first-order chi connectivity index (χ1) is 8.80. The topological polar surface area (TPSA) is 55.8 Å². The number of benzene rings is 1. The van der Waals surface area contributed by atoms with Crippen molar-refractivity contribution in [3.63, 3.8) is 0 Å². The molecule has 1 aliphatic heterocycles. The van der Waals surface area contributed by atoms with Gasteiger partial charge in [-0.1, -0.05) is 18.2 Å². The second-order valence-corrected chi connectivity index (χ2v) is 5.82. The Morgan fingerprint density at radius 3 is 2.26 bits per heavy atom. The Bertz CT molecular complexity index is 480. The van der Waals surface area contributed by atoms with Crippen molar-refractivity contribution in [1.82, 2.24) is 0 Å². The Morgan fingerprint density at radius 1 is 1.21 bits per heavy atom. The van der Waals surface area contributed by atoms with Gasteiger partial charge >= 0.3 is 7.12 Å². The molecule has 0 saturated carbocycles. The summed E-state index contributed by atoms with van der Waals surface area (Å²) in [5.41, 5.74) is 1.08. The maximum absolute atomic E-state index is 10.9. The first-order valence-corrected chi connectivity index (χ1v) is 6.35. The molecule has 5 heteroatoms. The summed E-state index contributed by atoms with van der Waals surface area (Å²) < 4.78 is 11.9. The van der Waals surface area contributed by atoms with E-state index in [1.54, 1.807) is 18.2 Å². The molecule has 102 valence electrons. The molecule has 1 saturated heterocycles. The summed E-state index contributed by atoms with van der Waals surface area (Å²) in [6, 6.07) is 5.23. The fourth-order valence-electron chi connectivity index (χ4n) is 2.00. The van der Waals surface area contributed by atoms with Crippen molar-refractivity contribution in [2.45, 2.75) is 45.5 Å². The number of aliphatic hydroxyl groups is 1. The molecule has 1 aromatic rings. The second kappa shape index (κ2) is 4.74. The number of rotatable bonds is 3. The van der Waals surface area contributed by atoms with Crippen LogP contribution < -0.4 is 5.46 Å². The molecule has 1 aromatic carbocycles. The highest BCUT2D eigenvalue weighted by Gasteiger charge is 2.51. The summed E-state index contributed by atoms with van der Waals surface area (Å²) in [4.78, 5) is 10.9. The Kier molecular flexibility index (Phi) is 3.56. The third-order valence-electron chi connectivity index (χ3n) is 3.99. The molecule has 2 rings (SSSR count). The van der Waals surface area contributed by atoms with Crippen molar-refractivity contribution in [2.24, 2.45) is 0 Å². The van der Waals surface area contributed by atoms with E-state index in [-0.39, 0.29) is 6.61 Å². The first kappa shape index (κ1) is 14.2. The van der Waals surface area contributed by atoms with Crippen LogP contribution in [0.4, 0.5) is 0 Å². The van der Waals surface area contributed by atoms with E-state index in [0.29, 0.717) is 11.1 Å². The maximum Gasteiger partial charge on any atom is 0.494 e. The SMILES string of the molecule is CC1(C)OB(c2ccc(C=O)c(CO)c2)OC1(C)C. The maximum atomic E-state index is 10.9. The number of hydrogen-bond acceptors (Lipinski definition) is 4. The van der Waals surface area contributed by atoms with Gasteiger partial charge in [0.2, 0.25) is 0 Å². The van der Waals surface area contributed by atoms with Gasteiger partial charge in [0.05, 0.1) is 17.8 Å². The lowest BCUT2D eigenvalue weighted by Crippen LogP contribution is -2.41. The quantitative estimate of drug-likeness (QED) is 0.658. The largest absolute Gasteiger partial charge is 0.494 e. The highest BCUT2D eigenvalue weighted by molar-refractivity contribution is 6.62. The van der Waals surface area contributed by atoms with Crippen LogP contribution in [-0.2, 0) is 15.9 Å². The Balaban J connectivity index is 2.32. The number of hydrogen-bond donors (Lipinski definition) is 1. The van der Waals surface area contributed by atoms with Gasteiger partial charge in [-0.25, -0.2) is 0 Å². The Morgan fingerprint density at radius 2 is 1.79 bits per heavy atom. The van der Waals surface area contributed by atoms with Crippen LogP contribution in [0, 0.1) is 0 Å². The highest BCUT2D eigenvalue weighted by atomic mass is 16.7. The van der Waals surface area contributed by atoms with Crippen LogP contribution in [0.3, 0.4) is 0 Å². The lowest BCUT2D eigenvalue weighted by atomic mass is 9.78. The van der Waals surface area contributed by atoms with Crippen LogP contribution in [0.15, 0.2) is 18.2 Å². The number of aliphatic hydroxyl groups excluding tert-OH is 1. The minimum absolute atomic E-state index is 0.179. The van der Waals surface area contributed by atoms with E-state index in [0.717, 1.165) is 11.7 Å². The van der Waals surface area contributed by atoms with Crippen molar-refractivity contribution in [1.29, 1.82) is 0 Å². The fraction of sp³-hybridized carbons (Fsp3) is 0.500. The fourth-order valence-corrected chi connectivity index (χ4v) is 2.00. The zero-order valence-electron chi connectivity index (χ0n) is 11.8. The molecule has 0 bridgehead atoms. The summed E-state index contributed by atoms with van der Waals surface area (Å²) in [6.45, 7) is 7.76. The standard InChI is InChI=1S/C14H19BO4/c1-13(2)14(3,4)19-15(18-13)12-6-5-10(8-16)11(7-12)9-17/h5-8,17H,9H2,1-4H3. The predicted molar refractivity (Wildman–Crippen MR) is 73.5 cm³/mol. The highest BCUT2D eigenvalue weighted by Crippen LogP contribution is 2.36. The molecule has 4 nitrogen and oxygen atoms in total. The van der Waals surface area contributed by atoms with Gasteiger partial charge in [0.25, 0.3) is 0 Å². The summed E-state index contributed by atoms with van der Waals surface area (Å²) in [7, 11) is -0.476. The molecular formula is C14H19BO4. The predicted octanol–water partition coefficient (Wildman–Crippen LogP) is 1.29. The lowest BCUT2D eigenvalue weighted by molar-refractivity contribution is 0.00578. The molecule has 19 heavy (non-hydrogen) atoms. The summed E-state index contributed by atoms with van der Waals surface area (Å²) in [6.07, 6.45) is 0.736. The molecule has 0 atom stereocenters. The molecular weight excluding hydrogens is 243 g/mol. The zero-order valence-corrected chi connectivity index (χ0v) is 11.8. The van der Waals surface area contributed by atoms with E-state index >= 15 is 0 Å². The van der Waals surface area contributed by atoms with E-state index < -0.39 is 18.3 Å². The minimum atomic E-state index is -0.476. The van der Waals surface area contributed by atoms with E-state index in [4.69, 9.17) is 9.31 Å². The average Bonchev–Trinajstić information content (AvgIpc) is 2.57. The van der Waals surface area contributed by atoms with Crippen molar-refractivity contribution in [3.8, 4) is 0 Å². The van der Waals surface area contributed by atoms with Gasteiger partial charge in [-0.15, -0.1) is 0 Å². The monoisotopic (exact) mass is 262 g/mol. The molecule has 1 fully saturated rings. The van der Waals surface area contributed by atoms with Crippen LogP contribution in [0.1, 0.15) is 43.6 Å². The van der Waals surface area contributed by atoms with Gasteiger partial charge in [-0.3, -0.25) is 4.79 Å². The van der Waals surface area contributed by atoms with Crippen molar-refractivity contribution in [3.05, 3.63) is 29.3 Å². The van der Waals surface area contributed by atoms with Crippen LogP contribution >= 0.6 is 0 Å². The van der Waals surface area contributed by atoms with E-state index in [2.05, 4.69) is 0 Å². The Labute approximate surface area is 113 Å². The van der Waals surface area contributed by atoms with Crippen LogP contribution in [0.25, 0.3) is 0 Å². The molecule has 0 aromatic heterocycles. The van der Waals surface area contributed by atoms with Crippen molar-refractivity contribution in [2.75, 3.05) is 0 Å². The number of carbonyl (C=O) groups is 1. The first-order valence-electron chi connectivity index (χ1n) is 6.35. The summed E-state index contributed by atoms with van der Waals surface area (Å²) in [5.74, 6) is 0. The Hall–Kier alpha value is -1.17. The third-order valence-corrected chi connectivity index (χ3v) is 3.99. The van der Waals surface area contributed by atoms with Crippen molar-refractivity contribution >= 4 is 18.9 Å². The normalized spacial score (nSPS) is 20.6. The molecule has 0 radical (unpaired) electrons. The van der Waals surface area contributed by atoms with E-state index in [1.165, 1.54) is 0 Å². The zero-order chi connectivity index (χ0) is 14.3. The molecule has 1 aliphatic rings. The summed E-state index contributed by atoms with van der Waals surface area (Å²) in [5, 5.41) is 9.28. The second-order valence-electron chi connectivity index (χ2n) is 5.82. The van der Waals surface area contributed by atoms with Gasteiger partial charge in [0.1, 0.15) is 6.29 Å². The molecule has 0 unspecified atom stereocenters. The minimum Gasteiger partial charge on any atom is -0.399 e. The average molecular weight is 262 g/mol. The van der Waals surface area contributed by atoms with Gasteiger partial charge in [0.15, 0.2) is 0 Å². The van der Waals surface area contributed by atoms with Crippen LogP contribution in [0.5, 0.6) is 0 Å². The molecule has 0 amide bonds. The van der Waals surface area contributed by atoms with Crippen molar-refractivity contribution < 1.29 is 19.2 Å². The number of aldehydes is 1. The van der Waals surface area contributed by atoms with Crippen LogP contribution in [0.2, 0.25) is 0 Å². The number of carbonyl (C=O) groups excluding carboxylic acids is 1. The van der Waals surface area contributed by atoms with Gasteiger partial charge < -0.3 is 14.4 Å².